The van der Waals surface area contributed by atoms with E-state index in [0.717, 1.165) is 18.9 Å². The molecule has 2 nitrogen and oxygen atoms in total. The van der Waals surface area contributed by atoms with E-state index in [1.807, 2.05) is 13.8 Å². The lowest BCUT2D eigenvalue weighted by Gasteiger charge is -2.25. The minimum atomic E-state index is -0.0761. The van der Waals surface area contributed by atoms with Crippen molar-refractivity contribution in [2.45, 2.75) is 52.4 Å². The summed E-state index contributed by atoms with van der Waals surface area (Å²) in [5.74, 6) is 0.761. The fourth-order valence-corrected chi connectivity index (χ4v) is 1.83. The minimum absolute atomic E-state index is 0.0761. The SMILES string of the molecule is CCOC(C)OC1C=CC(CC)CC1. The van der Waals surface area contributed by atoms with Crippen molar-refractivity contribution in [2.75, 3.05) is 6.61 Å². The van der Waals surface area contributed by atoms with E-state index >= 15 is 0 Å². The van der Waals surface area contributed by atoms with Crippen molar-refractivity contribution in [3.8, 4) is 0 Å². The molecule has 0 aromatic carbocycles. The minimum Gasteiger partial charge on any atom is -0.353 e. The lowest BCUT2D eigenvalue weighted by Crippen LogP contribution is -2.23. The van der Waals surface area contributed by atoms with Crippen LogP contribution in [0.15, 0.2) is 12.2 Å². The highest BCUT2D eigenvalue weighted by molar-refractivity contribution is 4.98. The number of hydrogen-bond acceptors (Lipinski definition) is 2. The van der Waals surface area contributed by atoms with E-state index in [1.54, 1.807) is 0 Å². The van der Waals surface area contributed by atoms with E-state index < -0.39 is 0 Å². The van der Waals surface area contributed by atoms with Gasteiger partial charge in [-0.2, -0.15) is 0 Å². The maximum absolute atomic E-state index is 5.72. The summed E-state index contributed by atoms with van der Waals surface area (Å²) in [5.41, 5.74) is 0. The normalized spacial score (nSPS) is 29.1. The van der Waals surface area contributed by atoms with Crippen LogP contribution in [0.25, 0.3) is 0 Å². The Kier molecular flexibility index (Phi) is 5.20. The largest absolute Gasteiger partial charge is 0.353 e. The molecule has 1 aliphatic carbocycles. The fourth-order valence-electron chi connectivity index (χ4n) is 1.83. The summed E-state index contributed by atoms with van der Waals surface area (Å²) in [6.45, 7) is 6.90. The molecule has 1 rings (SSSR count). The maximum atomic E-state index is 5.72. The number of rotatable bonds is 5. The standard InChI is InChI=1S/C12H22O2/c1-4-11-6-8-12(9-7-11)14-10(3)13-5-2/h6,8,10-12H,4-5,7,9H2,1-3H3. The zero-order valence-electron chi connectivity index (χ0n) is 9.53. The van der Waals surface area contributed by atoms with E-state index in [4.69, 9.17) is 9.47 Å². The molecule has 0 aliphatic heterocycles. The molecule has 0 amide bonds. The molecule has 0 spiro atoms. The predicted octanol–water partition coefficient (Wildman–Crippen LogP) is 3.13. The first kappa shape index (κ1) is 11.7. The third-order valence-electron chi connectivity index (χ3n) is 2.71. The summed E-state index contributed by atoms with van der Waals surface area (Å²) in [5, 5.41) is 0. The van der Waals surface area contributed by atoms with E-state index in [2.05, 4.69) is 19.1 Å². The van der Waals surface area contributed by atoms with E-state index in [0.29, 0.717) is 0 Å². The molecule has 0 radical (unpaired) electrons. The molecular weight excluding hydrogens is 176 g/mol. The summed E-state index contributed by atoms with van der Waals surface area (Å²) in [6, 6.07) is 0. The zero-order chi connectivity index (χ0) is 10.4. The van der Waals surface area contributed by atoms with Crippen molar-refractivity contribution in [2.24, 2.45) is 5.92 Å². The molecule has 82 valence electrons. The van der Waals surface area contributed by atoms with Crippen LogP contribution in [0.3, 0.4) is 0 Å². The molecule has 0 fully saturated rings. The van der Waals surface area contributed by atoms with Crippen molar-refractivity contribution in [1.29, 1.82) is 0 Å². The van der Waals surface area contributed by atoms with Gasteiger partial charge in [-0.25, -0.2) is 0 Å². The summed E-state index contributed by atoms with van der Waals surface area (Å²) in [7, 11) is 0. The number of hydrogen-bond donors (Lipinski definition) is 0. The van der Waals surface area contributed by atoms with E-state index in [9.17, 15) is 0 Å². The molecule has 0 aromatic rings. The molecule has 3 unspecified atom stereocenters. The van der Waals surface area contributed by atoms with Crippen LogP contribution in [0.2, 0.25) is 0 Å². The van der Waals surface area contributed by atoms with Crippen LogP contribution in [0, 0.1) is 5.92 Å². The van der Waals surface area contributed by atoms with Gasteiger partial charge in [-0.05, 0) is 39.0 Å². The lowest BCUT2D eigenvalue weighted by molar-refractivity contribution is -0.148. The Balaban J connectivity index is 2.27. The van der Waals surface area contributed by atoms with Crippen LogP contribution in [0.5, 0.6) is 0 Å². The zero-order valence-corrected chi connectivity index (χ0v) is 9.53. The Bertz CT molecular complexity index is 177. The summed E-state index contributed by atoms with van der Waals surface area (Å²) < 4.78 is 11.1. The van der Waals surface area contributed by atoms with Crippen molar-refractivity contribution in [1.82, 2.24) is 0 Å². The van der Waals surface area contributed by atoms with E-state index in [1.165, 1.54) is 12.8 Å². The highest BCUT2D eigenvalue weighted by Gasteiger charge is 2.16. The quantitative estimate of drug-likeness (QED) is 0.499. The Morgan fingerprint density at radius 1 is 1.29 bits per heavy atom. The maximum Gasteiger partial charge on any atom is 0.155 e. The Hall–Kier alpha value is -0.340. The van der Waals surface area contributed by atoms with Crippen molar-refractivity contribution >= 4 is 0 Å². The number of allylic oxidation sites excluding steroid dienone is 1. The topological polar surface area (TPSA) is 18.5 Å². The first-order valence-corrected chi connectivity index (χ1v) is 5.71. The van der Waals surface area contributed by atoms with Gasteiger partial charge in [0.25, 0.3) is 0 Å². The highest BCUT2D eigenvalue weighted by Crippen LogP contribution is 2.22. The Labute approximate surface area is 87.3 Å². The van der Waals surface area contributed by atoms with Gasteiger partial charge in [0.05, 0.1) is 6.10 Å². The monoisotopic (exact) mass is 198 g/mol. The molecule has 0 saturated carbocycles. The predicted molar refractivity (Wildman–Crippen MR) is 58.1 cm³/mol. The third-order valence-corrected chi connectivity index (χ3v) is 2.71. The van der Waals surface area contributed by atoms with Gasteiger partial charge in [0.1, 0.15) is 0 Å². The molecule has 1 aliphatic rings. The Morgan fingerprint density at radius 2 is 2.07 bits per heavy atom. The molecule has 0 aromatic heterocycles. The van der Waals surface area contributed by atoms with Crippen LogP contribution in [0.1, 0.15) is 40.0 Å². The van der Waals surface area contributed by atoms with Crippen molar-refractivity contribution in [3.05, 3.63) is 12.2 Å². The summed E-state index contributed by atoms with van der Waals surface area (Å²) in [4.78, 5) is 0. The van der Waals surface area contributed by atoms with Gasteiger partial charge in [-0.15, -0.1) is 0 Å². The second-order valence-electron chi connectivity index (χ2n) is 3.83. The van der Waals surface area contributed by atoms with Crippen LogP contribution in [0.4, 0.5) is 0 Å². The van der Waals surface area contributed by atoms with Crippen LogP contribution >= 0.6 is 0 Å². The average molecular weight is 198 g/mol. The molecule has 3 atom stereocenters. The molecule has 0 heterocycles. The van der Waals surface area contributed by atoms with Crippen LogP contribution < -0.4 is 0 Å². The van der Waals surface area contributed by atoms with Crippen molar-refractivity contribution < 1.29 is 9.47 Å². The van der Waals surface area contributed by atoms with Gasteiger partial charge < -0.3 is 9.47 Å². The van der Waals surface area contributed by atoms with Gasteiger partial charge in [0, 0.05) is 6.61 Å². The molecule has 0 N–H and O–H groups in total. The van der Waals surface area contributed by atoms with E-state index in [-0.39, 0.29) is 12.4 Å². The highest BCUT2D eigenvalue weighted by atomic mass is 16.7. The average Bonchev–Trinajstić information content (AvgIpc) is 2.19. The van der Waals surface area contributed by atoms with Crippen molar-refractivity contribution in [3.63, 3.8) is 0 Å². The smallest absolute Gasteiger partial charge is 0.155 e. The fraction of sp³-hybridized carbons (Fsp3) is 0.833. The first-order valence-electron chi connectivity index (χ1n) is 5.71. The summed E-state index contributed by atoms with van der Waals surface area (Å²) >= 11 is 0. The third kappa shape index (κ3) is 3.81. The van der Waals surface area contributed by atoms with Gasteiger partial charge in [0.2, 0.25) is 0 Å². The molecule has 0 bridgehead atoms. The van der Waals surface area contributed by atoms with Crippen LogP contribution in [-0.2, 0) is 9.47 Å². The van der Waals surface area contributed by atoms with Gasteiger partial charge in [-0.3, -0.25) is 0 Å². The Morgan fingerprint density at radius 3 is 2.57 bits per heavy atom. The molecule has 2 heteroatoms. The summed E-state index contributed by atoms with van der Waals surface area (Å²) in [6.07, 6.45) is 8.28. The molecular formula is C12H22O2. The first-order chi connectivity index (χ1) is 6.76. The number of ether oxygens (including phenoxy) is 2. The molecule has 14 heavy (non-hydrogen) atoms. The van der Waals surface area contributed by atoms with Gasteiger partial charge >= 0.3 is 0 Å². The second-order valence-corrected chi connectivity index (χ2v) is 3.83. The second kappa shape index (κ2) is 6.20. The lowest BCUT2D eigenvalue weighted by atomic mass is 9.92. The molecule has 0 saturated heterocycles. The van der Waals surface area contributed by atoms with Gasteiger partial charge in [-0.1, -0.05) is 19.1 Å². The van der Waals surface area contributed by atoms with Gasteiger partial charge in [0.15, 0.2) is 6.29 Å². The van der Waals surface area contributed by atoms with Crippen LogP contribution in [-0.4, -0.2) is 19.0 Å².